The first-order chi connectivity index (χ1) is 4.04. The first kappa shape index (κ1) is 8.16. The van der Waals surface area contributed by atoms with Gasteiger partial charge in [-0.1, -0.05) is 6.58 Å². The number of carbonyl (C=O) groups is 1. The van der Waals surface area contributed by atoms with Gasteiger partial charge in [-0.15, -0.1) is 0 Å². The molecule has 0 aliphatic heterocycles. The minimum absolute atomic E-state index is 0.0641. The van der Waals surface area contributed by atoms with Crippen molar-refractivity contribution in [3.05, 3.63) is 12.2 Å². The predicted molar refractivity (Wildman–Crippen MR) is 31.2 cm³/mol. The highest BCUT2D eigenvalue weighted by Crippen LogP contribution is 1.90. The van der Waals surface area contributed by atoms with Gasteiger partial charge in [-0.3, -0.25) is 0 Å². The Bertz CT molecular complexity index is 195. The van der Waals surface area contributed by atoms with E-state index in [-0.39, 0.29) is 5.57 Å². The van der Waals surface area contributed by atoms with Crippen LogP contribution < -0.4 is 0 Å². The fraction of sp³-hybridized carbons (Fsp3) is 0.250. The van der Waals surface area contributed by atoms with E-state index in [4.69, 9.17) is 0 Å². The van der Waals surface area contributed by atoms with E-state index < -0.39 is 17.0 Å². The van der Waals surface area contributed by atoms with Crippen LogP contribution in [0.3, 0.4) is 0 Å². The van der Waals surface area contributed by atoms with Gasteiger partial charge in [0.15, 0.2) is 0 Å². The molecule has 0 saturated carbocycles. The third kappa shape index (κ3) is 3.72. The minimum Gasteiger partial charge on any atom is -0.343 e. The third-order valence-corrected chi connectivity index (χ3v) is 0.821. The van der Waals surface area contributed by atoms with Crippen LogP contribution in [0.15, 0.2) is 12.2 Å². The molecule has 0 fully saturated rings. The van der Waals surface area contributed by atoms with Crippen LogP contribution in [0.1, 0.15) is 6.92 Å². The summed E-state index contributed by atoms with van der Waals surface area (Å²) in [4.78, 5) is 10.2. The smallest absolute Gasteiger partial charge is 0.343 e. The molecule has 0 aliphatic rings. The zero-order valence-corrected chi connectivity index (χ0v) is 5.68. The Hall–Kier alpha value is -0.840. The summed E-state index contributed by atoms with van der Waals surface area (Å²) in [6.45, 7) is 4.53. The van der Waals surface area contributed by atoms with Crippen molar-refractivity contribution in [2.75, 3.05) is 0 Å². The lowest BCUT2D eigenvalue weighted by atomic mass is 10.4. The van der Waals surface area contributed by atoms with Crippen molar-refractivity contribution in [1.82, 2.24) is 0 Å². The van der Waals surface area contributed by atoms with Crippen LogP contribution in [0.5, 0.6) is 0 Å². The maximum Gasteiger partial charge on any atom is 0.348 e. The molecule has 0 aromatic carbocycles. The molecular weight excluding hydrogens is 144 g/mol. The van der Waals surface area contributed by atoms with Crippen molar-refractivity contribution in [3.8, 4) is 0 Å². The van der Waals surface area contributed by atoms with Crippen LogP contribution in [-0.4, -0.2) is 14.4 Å². The van der Waals surface area contributed by atoms with Crippen molar-refractivity contribution in [1.29, 1.82) is 0 Å². The zero-order valence-electron chi connectivity index (χ0n) is 4.79. The van der Waals surface area contributed by atoms with Crippen LogP contribution >= 0.6 is 0 Å². The Kier molecular flexibility index (Phi) is 2.94. The topological polar surface area (TPSA) is 60.4 Å². The molecule has 0 aromatic rings. The van der Waals surface area contributed by atoms with E-state index in [1.807, 2.05) is 0 Å². The molecule has 0 N–H and O–H groups in total. The summed E-state index contributed by atoms with van der Waals surface area (Å²) in [6, 6.07) is 0. The maximum atomic E-state index is 10.2. The molecule has 0 aliphatic carbocycles. The highest BCUT2D eigenvalue weighted by molar-refractivity contribution is 7.67. The Labute approximate surface area is 54.3 Å². The molecule has 9 heavy (non-hydrogen) atoms. The average molecular weight is 150 g/mol. The Morgan fingerprint density at radius 2 is 2.00 bits per heavy atom. The summed E-state index contributed by atoms with van der Waals surface area (Å²) in [7, 11) is -3.08. The van der Waals surface area contributed by atoms with Crippen LogP contribution in [0, 0.1) is 0 Å². The Balaban J connectivity index is 3.94. The quantitative estimate of drug-likeness (QED) is 0.431. The van der Waals surface area contributed by atoms with E-state index in [2.05, 4.69) is 10.8 Å². The number of thiol groups is 1. The molecular formula is C4H6O4S. The van der Waals surface area contributed by atoms with Crippen molar-refractivity contribution >= 4 is 17.0 Å². The van der Waals surface area contributed by atoms with E-state index in [1.54, 1.807) is 0 Å². The van der Waals surface area contributed by atoms with Crippen molar-refractivity contribution in [2.45, 2.75) is 6.92 Å². The van der Waals surface area contributed by atoms with Gasteiger partial charge < -0.3 is 4.18 Å². The van der Waals surface area contributed by atoms with Crippen LogP contribution in [0.4, 0.5) is 0 Å². The van der Waals surface area contributed by atoms with Gasteiger partial charge in [0, 0.05) is 5.57 Å². The molecule has 0 heterocycles. The summed E-state index contributed by atoms with van der Waals surface area (Å²) in [5, 5.41) is 0. The van der Waals surface area contributed by atoms with E-state index in [0.717, 1.165) is 0 Å². The first-order valence-electron chi connectivity index (χ1n) is 2.06. The van der Waals surface area contributed by atoms with Gasteiger partial charge in [0.25, 0.3) is 0 Å². The van der Waals surface area contributed by atoms with Gasteiger partial charge in [0.05, 0.1) is 0 Å². The molecule has 52 valence electrons. The molecule has 4 nitrogen and oxygen atoms in total. The highest BCUT2D eigenvalue weighted by Gasteiger charge is 2.01. The van der Waals surface area contributed by atoms with E-state index >= 15 is 0 Å². The molecule has 0 atom stereocenters. The summed E-state index contributed by atoms with van der Waals surface area (Å²) >= 11 is 0. The number of hydrogen-bond acceptors (Lipinski definition) is 4. The second-order valence-electron chi connectivity index (χ2n) is 1.38. The Morgan fingerprint density at radius 3 is 2.11 bits per heavy atom. The number of carbonyl (C=O) groups excluding carboxylic acids is 1. The summed E-state index contributed by atoms with van der Waals surface area (Å²) < 4.78 is 23.1. The molecule has 0 bridgehead atoms. The summed E-state index contributed by atoms with van der Waals surface area (Å²) in [6.07, 6.45) is 0. The van der Waals surface area contributed by atoms with E-state index in [1.165, 1.54) is 6.92 Å². The number of rotatable bonds is 2. The van der Waals surface area contributed by atoms with Gasteiger partial charge in [-0.05, 0) is 6.92 Å². The van der Waals surface area contributed by atoms with Gasteiger partial charge in [-0.2, -0.15) is 8.42 Å². The van der Waals surface area contributed by atoms with Crippen LogP contribution in [0.2, 0.25) is 0 Å². The molecule has 0 saturated heterocycles. The molecule has 5 heteroatoms. The standard InChI is InChI=1S/C4H6O4S/c1-3(2)4(5)8-9(6)7/h9H,1H2,2H3. The lowest BCUT2D eigenvalue weighted by Crippen LogP contribution is -2.02. The highest BCUT2D eigenvalue weighted by atomic mass is 32.2. The second-order valence-corrected chi connectivity index (χ2v) is 2.01. The molecule has 0 spiro atoms. The van der Waals surface area contributed by atoms with Crippen LogP contribution in [0.25, 0.3) is 0 Å². The largest absolute Gasteiger partial charge is 0.348 e. The third-order valence-electron chi connectivity index (χ3n) is 0.506. The maximum absolute atomic E-state index is 10.2. The monoisotopic (exact) mass is 150 g/mol. The fourth-order valence-electron chi connectivity index (χ4n) is 0.146. The Morgan fingerprint density at radius 1 is 1.56 bits per heavy atom. The number of hydrogen-bond donors (Lipinski definition) is 1. The average Bonchev–Trinajstić information content (AvgIpc) is 1.63. The fourth-order valence-corrected chi connectivity index (χ4v) is 0.437. The zero-order chi connectivity index (χ0) is 7.44. The van der Waals surface area contributed by atoms with Crippen LogP contribution in [-0.2, 0) is 20.0 Å². The van der Waals surface area contributed by atoms with E-state index in [9.17, 15) is 13.2 Å². The second kappa shape index (κ2) is 3.24. The SMILES string of the molecule is C=C(C)C(=O)O[SH](=O)=O. The molecule has 0 amide bonds. The van der Waals surface area contributed by atoms with Gasteiger partial charge in [0.2, 0.25) is 0 Å². The molecule has 0 unspecified atom stereocenters. The lowest BCUT2D eigenvalue weighted by Gasteiger charge is -1.90. The van der Waals surface area contributed by atoms with Gasteiger partial charge in [0.1, 0.15) is 0 Å². The van der Waals surface area contributed by atoms with Gasteiger partial charge >= 0.3 is 17.0 Å². The summed E-state index contributed by atoms with van der Waals surface area (Å²) in [5.41, 5.74) is 0.0641. The van der Waals surface area contributed by atoms with Crippen molar-refractivity contribution in [2.24, 2.45) is 0 Å². The predicted octanol–water partition coefficient (Wildman–Crippen LogP) is -0.368. The van der Waals surface area contributed by atoms with Crippen molar-refractivity contribution in [3.63, 3.8) is 0 Å². The minimum atomic E-state index is -3.08. The summed E-state index contributed by atoms with van der Waals surface area (Å²) in [5.74, 6) is -0.911. The molecule has 0 radical (unpaired) electrons. The first-order valence-corrected chi connectivity index (χ1v) is 3.15. The lowest BCUT2D eigenvalue weighted by molar-refractivity contribution is -0.129. The normalized spacial score (nSPS) is 9.11. The van der Waals surface area contributed by atoms with Gasteiger partial charge in [-0.25, -0.2) is 4.79 Å². The molecule has 0 aromatic heterocycles. The molecule has 0 rings (SSSR count). The van der Waals surface area contributed by atoms with Crippen molar-refractivity contribution < 1.29 is 17.4 Å². The van der Waals surface area contributed by atoms with E-state index in [0.29, 0.717) is 0 Å².